The fraction of sp³-hybridized carbons (Fsp3) is 0.214. The Balaban J connectivity index is 2.02. The predicted octanol–water partition coefficient (Wildman–Crippen LogP) is 2.74. The van der Waals surface area contributed by atoms with Gasteiger partial charge in [0.2, 0.25) is 0 Å². The van der Waals surface area contributed by atoms with Crippen molar-refractivity contribution in [1.82, 2.24) is 0 Å². The lowest BCUT2D eigenvalue weighted by Gasteiger charge is -2.06. The summed E-state index contributed by atoms with van der Waals surface area (Å²) in [7, 11) is 0. The van der Waals surface area contributed by atoms with Gasteiger partial charge in [0.05, 0.1) is 5.92 Å². The van der Waals surface area contributed by atoms with Crippen LogP contribution in [0, 0.1) is 5.92 Å². The number of fused-ring (bicyclic) bond motifs is 3. The summed E-state index contributed by atoms with van der Waals surface area (Å²) in [6.07, 6.45) is 0. The molecule has 0 aliphatic heterocycles. The zero-order chi connectivity index (χ0) is 10.9. The highest BCUT2D eigenvalue weighted by atomic mass is 16.4. The maximum Gasteiger partial charge on any atom is 0.307 e. The van der Waals surface area contributed by atoms with Gasteiger partial charge in [0.1, 0.15) is 0 Å². The first-order chi connectivity index (χ1) is 7.79. The molecule has 2 aromatic carbocycles. The quantitative estimate of drug-likeness (QED) is 0.785. The molecule has 0 heterocycles. The Morgan fingerprint density at radius 2 is 1.56 bits per heavy atom. The Morgan fingerprint density at radius 3 is 2.06 bits per heavy atom. The van der Waals surface area contributed by atoms with Crippen molar-refractivity contribution in [2.24, 2.45) is 5.92 Å². The van der Waals surface area contributed by atoms with Gasteiger partial charge in [-0.2, -0.15) is 0 Å². The largest absolute Gasteiger partial charge is 0.481 e. The lowest BCUT2D eigenvalue weighted by atomic mass is 9.98. The Hall–Kier alpha value is -1.83. The van der Waals surface area contributed by atoms with E-state index in [2.05, 4.69) is 24.3 Å². The van der Waals surface area contributed by atoms with Gasteiger partial charge in [-0.1, -0.05) is 36.4 Å². The number of carboxylic acid groups (broad SMARTS) is 1. The van der Waals surface area contributed by atoms with Crippen LogP contribution in [0.2, 0.25) is 0 Å². The molecule has 78 valence electrons. The standard InChI is InChI=1S/C14H10O2/c15-14(16)13-11-8-5-1-3-7-4-2-6-9(10(7)8)12(11)13/h1-6,11-13H,(H,15,16)/t11-,12-/m1/s1. The zero-order valence-corrected chi connectivity index (χ0v) is 8.55. The number of aliphatic carboxylic acids is 1. The van der Waals surface area contributed by atoms with Crippen molar-refractivity contribution in [3.8, 4) is 0 Å². The Morgan fingerprint density at radius 1 is 1.00 bits per heavy atom. The zero-order valence-electron chi connectivity index (χ0n) is 8.55. The van der Waals surface area contributed by atoms with Gasteiger partial charge in [-0.25, -0.2) is 0 Å². The molecule has 0 aromatic heterocycles. The van der Waals surface area contributed by atoms with E-state index in [9.17, 15) is 4.79 Å². The number of carboxylic acids is 1. The summed E-state index contributed by atoms with van der Waals surface area (Å²) >= 11 is 0. The molecule has 0 bridgehead atoms. The summed E-state index contributed by atoms with van der Waals surface area (Å²) in [4.78, 5) is 11.1. The first-order valence-corrected chi connectivity index (χ1v) is 5.53. The third kappa shape index (κ3) is 0.778. The van der Waals surface area contributed by atoms with E-state index in [4.69, 9.17) is 5.11 Å². The van der Waals surface area contributed by atoms with Crippen LogP contribution in [-0.4, -0.2) is 11.1 Å². The highest BCUT2D eigenvalue weighted by Crippen LogP contribution is 2.67. The highest BCUT2D eigenvalue weighted by molar-refractivity contribution is 5.97. The van der Waals surface area contributed by atoms with Crippen molar-refractivity contribution >= 4 is 16.7 Å². The van der Waals surface area contributed by atoms with Crippen LogP contribution in [0.4, 0.5) is 0 Å². The summed E-state index contributed by atoms with van der Waals surface area (Å²) in [5, 5.41) is 11.7. The van der Waals surface area contributed by atoms with Gasteiger partial charge in [-0.15, -0.1) is 0 Å². The number of benzene rings is 2. The molecular formula is C14H10O2. The van der Waals surface area contributed by atoms with Crippen LogP contribution in [-0.2, 0) is 4.79 Å². The van der Waals surface area contributed by atoms with Crippen LogP contribution >= 0.6 is 0 Å². The molecule has 2 atom stereocenters. The Labute approximate surface area is 92.5 Å². The number of hydrogen-bond donors (Lipinski definition) is 1. The van der Waals surface area contributed by atoms with E-state index in [1.54, 1.807) is 0 Å². The molecular weight excluding hydrogens is 200 g/mol. The Kier molecular flexibility index (Phi) is 1.28. The van der Waals surface area contributed by atoms with E-state index in [0.29, 0.717) is 0 Å². The second-order valence-electron chi connectivity index (χ2n) is 4.71. The van der Waals surface area contributed by atoms with E-state index >= 15 is 0 Å². The van der Waals surface area contributed by atoms with Gasteiger partial charge in [-0.3, -0.25) is 4.79 Å². The van der Waals surface area contributed by atoms with Crippen molar-refractivity contribution in [2.75, 3.05) is 0 Å². The minimum absolute atomic E-state index is 0.180. The van der Waals surface area contributed by atoms with E-state index in [1.165, 1.54) is 21.9 Å². The lowest BCUT2D eigenvalue weighted by molar-refractivity contribution is -0.138. The van der Waals surface area contributed by atoms with Crippen LogP contribution in [0.3, 0.4) is 0 Å². The molecule has 4 rings (SSSR count). The topological polar surface area (TPSA) is 37.3 Å². The Bertz CT molecular complexity index is 585. The van der Waals surface area contributed by atoms with Crippen molar-refractivity contribution in [1.29, 1.82) is 0 Å². The second kappa shape index (κ2) is 2.46. The molecule has 2 aliphatic rings. The summed E-state index contributed by atoms with van der Waals surface area (Å²) in [6, 6.07) is 12.4. The maximum atomic E-state index is 11.1. The number of rotatable bonds is 1. The van der Waals surface area contributed by atoms with E-state index < -0.39 is 5.97 Å². The van der Waals surface area contributed by atoms with Gasteiger partial charge in [0.15, 0.2) is 0 Å². The fourth-order valence-corrected chi connectivity index (χ4v) is 3.35. The number of hydrogen-bond acceptors (Lipinski definition) is 1. The SMILES string of the molecule is O=C(O)C1[C@@H]2c3cccc4cccc(c34)[C@@H]12. The maximum absolute atomic E-state index is 11.1. The molecule has 1 fully saturated rings. The summed E-state index contributed by atoms with van der Waals surface area (Å²) in [5.41, 5.74) is 2.48. The minimum atomic E-state index is -0.651. The highest BCUT2D eigenvalue weighted by Gasteiger charge is 2.60. The van der Waals surface area contributed by atoms with Gasteiger partial charge in [-0.05, 0) is 21.9 Å². The predicted molar refractivity (Wildman–Crippen MR) is 60.6 cm³/mol. The molecule has 0 saturated heterocycles. The first-order valence-electron chi connectivity index (χ1n) is 5.53. The van der Waals surface area contributed by atoms with E-state index in [0.717, 1.165) is 0 Å². The van der Waals surface area contributed by atoms with Crippen LogP contribution < -0.4 is 0 Å². The minimum Gasteiger partial charge on any atom is -0.481 e. The van der Waals surface area contributed by atoms with Crippen LogP contribution in [0.15, 0.2) is 36.4 Å². The van der Waals surface area contributed by atoms with Crippen LogP contribution in [0.1, 0.15) is 23.0 Å². The molecule has 0 amide bonds. The van der Waals surface area contributed by atoms with Crippen LogP contribution in [0.5, 0.6) is 0 Å². The molecule has 1 N–H and O–H groups in total. The third-order valence-electron chi connectivity index (χ3n) is 3.99. The second-order valence-corrected chi connectivity index (χ2v) is 4.71. The van der Waals surface area contributed by atoms with Crippen molar-refractivity contribution in [3.63, 3.8) is 0 Å². The van der Waals surface area contributed by atoms with E-state index in [-0.39, 0.29) is 17.8 Å². The molecule has 2 nitrogen and oxygen atoms in total. The number of carbonyl (C=O) groups is 1. The molecule has 2 aliphatic carbocycles. The first kappa shape index (κ1) is 8.34. The monoisotopic (exact) mass is 210 g/mol. The third-order valence-corrected chi connectivity index (χ3v) is 3.99. The molecule has 0 unspecified atom stereocenters. The van der Waals surface area contributed by atoms with Crippen LogP contribution in [0.25, 0.3) is 10.8 Å². The smallest absolute Gasteiger partial charge is 0.307 e. The van der Waals surface area contributed by atoms with Crippen molar-refractivity contribution < 1.29 is 9.90 Å². The molecule has 16 heavy (non-hydrogen) atoms. The van der Waals surface area contributed by atoms with E-state index in [1.807, 2.05) is 12.1 Å². The molecule has 1 saturated carbocycles. The van der Waals surface area contributed by atoms with Crippen molar-refractivity contribution in [2.45, 2.75) is 11.8 Å². The van der Waals surface area contributed by atoms with Gasteiger partial charge < -0.3 is 5.11 Å². The van der Waals surface area contributed by atoms with Gasteiger partial charge in [0, 0.05) is 11.8 Å². The average Bonchev–Trinajstić information content (AvgIpc) is 2.95. The average molecular weight is 210 g/mol. The summed E-state index contributed by atoms with van der Waals surface area (Å²) < 4.78 is 0. The molecule has 2 aromatic rings. The normalized spacial score (nSPS) is 29.1. The van der Waals surface area contributed by atoms with Gasteiger partial charge in [0.25, 0.3) is 0 Å². The van der Waals surface area contributed by atoms with Crippen molar-refractivity contribution in [3.05, 3.63) is 47.5 Å². The molecule has 0 radical (unpaired) electrons. The lowest BCUT2D eigenvalue weighted by Crippen LogP contribution is -2.02. The molecule has 0 spiro atoms. The molecule has 2 heteroatoms. The summed E-state index contributed by atoms with van der Waals surface area (Å²) in [6.45, 7) is 0. The summed E-state index contributed by atoms with van der Waals surface area (Å²) in [5.74, 6) is -0.362. The van der Waals surface area contributed by atoms with Gasteiger partial charge >= 0.3 is 5.97 Å². The fourth-order valence-electron chi connectivity index (χ4n) is 3.35.